The Labute approximate surface area is 162 Å². The fourth-order valence-electron chi connectivity index (χ4n) is 3.27. The molecule has 3 nitrogen and oxygen atoms in total. The van der Waals surface area contributed by atoms with Gasteiger partial charge in [-0.25, -0.2) is 0 Å². The van der Waals surface area contributed by atoms with Crippen LogP contribution >= 0.6 is 8.60 Å². The first-order chi connectivity index (χ1) is 12.0. The van der Waals surface area contributed by atoms with Crippen molar-refractivity contribution >= 4 is 8.60 Å². The molecular weight excluding hydrogens is 343 g/mol. The highest BCUT2D eigenvalue weighted by atomic mass is 31.2. The van der Waals surface area contributed by atoms with Crippen molar-refractivity contribution in [2.45, 2.75) is 104 Å². The Kier molecular flexibility index (Phi) is 9.23. The largest absolute Gasteiger partial charge is 0.328 e. The van der Waals surface area contributed by atoms with E-state index in [1.54, 1.807) is 0 Å². The first-order valence-electron chi connectivity index (χ1n) is 9.96. The molecule has 1 rings (SSSR count). The third kappa shape index (κ3) is 7.64. The van der Waals surface area contributed by atoms with Crippen molar-refractivity contribution in [3.63, 3.8) is 0 Å². The molecule has 4 heteroatoms. The predicted octanol–water partition coefficient (Wildman–Crippen LogP) is 6.91. The third-order valence-electron chi connectivity index (χ3n) is 4.87. The van der Waals surface area contributed by atoms with Gasteiger partial charge in [0.1, 0.15) is 0 Å². The molecule has 0 heterocycles. The van der Waals surface area contributed by atoms with Crippen LogP contribution in [0.1, 0.15) is 110 Å². The van der Waals surface area contributed by atoms with E-state index in [2.05, 4.69) is 66.7 Å². The molecule has 26 heavy (non-hydrogen) atoms. The van der Waals surface area contributed by atoms with Crippen molar-refractivity contribution < 1.29 is 14.3 Å². The van der Waals surface area contributed by atoms with Crippen LogP contribution in [-0.2, 0) is 15.4 Å². The summed E-state index contributed by atoms with van der Waals surface area (Å²) in [5.74, 6) is 0. The molecule has 0 aliphatic rings. The average Bonchev–Trinajstić information content (AvgIpc) is 2.51. The van der Waals surface area contributed by atoms with Crippen LogP contribution in [0.3, 0.4) is 0 Å². The second-order valence-corrected chi connectivity index (χ2v) is 10.1. The molecule has 0 spiro atoms. The molecule has 0 bridgehead atoms. The fraction of sp³-hybridized carbons (Fsp3) is 0.727. The van der Waals surface area contributed by atoms with Crippen LogP contribution in [-0.4, -0.2) is 9.79 Å². The summed E-state index contributed by atoms with van der Waals surface area (Å²) in [5, 5.41) is 0. The highest BCUT2D eigenvalue weighted by Crippen LogP contribution is 2.42. The van der Waals surface area contributed by atoms with Crippen molar-refractivity contribution in [3.8, 4) is 0 Å². The summed E-state index contributed by atoms with van der Waals surface area (Å²) < 4.78 is 5.58. The predicted molar refractivity (Wildman–Crippen MR) is 112 cm³/mol. The standard InChI is InChI=1S/C22H39O3P/c1-8-9-10-11-12-13-20(25-26(23)24)18-15-14-17(21(2,3)4)16-19(18)22(5,6)7/h14-16,20,23-24H,8-13H2,1-7H3. The van der Waals surface area contributed by atoms with Crippen molar-refractivity contribution in [2.24, 2.45) is 0 Å². The molecule has 1 unspecified atom stereocenters. The van der Waals surface area contributed by atoms with Crippen LogP contribution in [0.5, 0.6) is 0 Å². The summed E-state index contributed by atoms with van der Waals surface area (Å²) in [6, 6.07) is 6.57. The third-order valence-corrected chi connectivity index (χ3v) is 5.31. The Morgan fingerprint density at radius 2 is 1.54 bits per heavy atom. The quantitative estimate of drug-likeness (QED) is 0.360. The maximum Gasteiger partial charge on any atom is 0.327 e. The zero-order valence-corrected chi connectivity index (χ0v) is 18.7. The number of unbranched alkanes of at least 4 members (excludes halogenated alkanes) is 4. The molecule has 2 N–H and O–H groups in total. The van der Waals surface area contributed by atoms with E-state index in [1.807, 2.05) is 0 Å². The molecule has 0 radical (unpaired) electrons. The van der Waals surface area contributed by atoms with Gasteiger partial charge >= 0.3 is 8.60 Å². The zero-order chi connectivity index (χ0) is 20.0. The maximum atomic E-state index is 9.50. The normalized spacial score (nSPS) is 14.1. The summed E-state index contributed by atoms with van der Waals surface area (Å²) in [6.45, 7) is 15.5. The van der Waals surface area contributed by atoms with E-state index in [4.69, 9.17) is 4.52 Å². The van der Waals surface area contributed by atoms with Crippen LogP contribution in [0.4, 0.5) is 0 Å². The minimum absolute atomic E-state index is 0.0336. The minimum atomic E-state index is -2.37. The number of rotatable bonds is 9. The fourth-order valence-corrected chi connectivity index (χ4v) is 3.71. The van der Waals surface area contributed by atoms with E-state index in [-0.39, 0.29) is 16.9 Å². The second-order valence-electron chi connectivity index (χ2n) is 9.35. The lowest BCUT2D eigenvalue weighted by Gasteiger charge is -2.30. The van der Waals surface area contributed by atoms with Gasteiger partial charge in [-0.3, -0.25) is 0 Å². The zero-order valence-electron chi connectivity index (χ0n) is 17.8. The van der Waals surface area contributed by atoms with E-state index in [0.717, 1.165) is 24.8 Å². The highest BCUT2D eigenvalue weighted by molar-refractivity contribution is 7.39. The summed E-state index contributed by atoms with van der Waals surface area (Å²) in [4.78, 5) is 19.0. The summed E-state index contributed by atoms with van der Waals surface area (Å²) >= 11 is 0. The lowest BCUT2D eigenvalue weighted by Crippen LogP contribution is -2.20. The Bertz CT molecular complexity index is 541. The minimum Gasteiger partial charge on any atom is -0.328 e. The number of hydrogen-bond acceptors (Lipinski definition) is 3. The monoisotopic (exact) mass is 382 g/mol. The molecule has 1 aromatic carbocycles. The SMILES string of the molecule is CCCCCCCC(OP(O)O)c1ccc(C(C)(C)C)cc1C(C)(C)C. The van der Waals surface area contributed by atoms with Gasteiger partial charge in [0.2, 0.25) is 0 Å². The van der Waals surface area contributed by atoms with E-state index < -0.39 is 8.60 Å². The van der Waals surface area contributed by atoms with Gasteiger partial charge in [-0.05, 0) is 33.9 Å². The van der Waals surface area contributed by atoms with Gasteiger partial charge in [-0.15, -0.1) is 0 Å². The van der Waals surface area contributed by atoms with Crippen LogP contribution in [0.25, 0.3) is 0 Å². The van der Waals surface area contributed by atoms with Gasteiger partial charge in [0, 0.05) is 0 Å². The van der Waals surface area contributed by atoms with Gasteiger partial charge in [-0.2, -0.15) is 0 Å². The Hall–Kier alpha value is -0.470. The van der Waals surface area contributed by atoms with E-state index in [9.17, 15) is 9.79 Å². The molecule has 0 fully saturated rings. The molecule has 1 atom stereocenters. The molecule has 0 aliphatic heterocycles. The van der Waals surface area contributed by atoms with Gasteiger partial charge < -0.3 is 14.3 Å². The lowest BCUT2D eigenvalue weighted by atomic mass is 9.77. The number of benzene rings is 1. The molecule has 0 amide bonds. The molecule has 0 saturated heterocycles. The summed E-state index contributed by atoms with van der Waals surface area (Å²) in [5.41, 5.74) is 3.67. The number of hydrogen-bond donors (Lipinski definition) is 2. The van der Waals surface area contributed by atoms with Crippen LogP contribution in [0.2, 0.25) is 0 Å². The van der Waals surface area contributed by atoms with Crippen molar-refractivity contribution in [1.82, 2.24) is 0 Å². The molecule has 0 saturated carbocycles. The summed E-state index contributed by atoms with van der Waals surface area (Å²) in [6.07, 6.45) is 6.46. The van der Waals surface area contributed by atoms with E-state index in [1.165, 1.54) is 30.4 Å². The highest BCUT2D eigenvalue weighted by Gasteiger charge is 2.27. The molecule has 150 valence electrons. The molecule has 0 aromatic heterocycles. The van der Waals surface area contributed by atoms with E-state index >= 15 is 0 Å². The topological polar surface area (TPSA) is 49.7 Å². The van der Waals surface area contributed by atoms with Crippen molar-refractivity contribution in [1.29, 1.82) is 0 Å². The van der Waals surface area contributed by atoms with Crippen molar-refractivity contribution in [2.75, 3.05) is 0 Å². The molecular formula is C22H39O3P. The lowest BCUT2D eigenvalue weighted by molar-refractivity contribution is 0.159. The van der Waals surface area contributed by atoms with Crippen LogP contribution in [0, 0.1) is 0 Å². The van der Waals surface area contributed by atoms with Gasteiger partial charge in [0.15, 0.2) is 0 Å². The van der Waals surface area contributed by atoms with Crippen LogP contribution in [0.15, 0.2) is 18.2 Å². The molecule has 0 aliphatic carbocycles. The van der Waals surface area contributed by atoms with Gasteiger partial charge in [0.25, 0.3) is 0 Å². The Balaban J connectivity index is 3.14. The first-order valence-corrected chi connectivity index (χ1v) is 11.1. The van der Waals surface area contributed by atoms with Crippen LogP contribution < -0.4 is 0 Å². The van der Waals surface area contributed by atoms with Gasteiger partial charge in [0.05, 0.1) is 6.10 Å². The van der Waals surface area contributed by atoms with E-state index in [0.29, 0.717) is 0 Å². The maximum absolute atomic E-state index is 9.50. The first kappa shape index (κ1) is 23.6. The molecule has 1 aromatic rings. The van der Waals surface area contributed by atoms with Crippen molar-refractivity contribution in [3.05, 3.63) is 34.9 Å². The Morgan fingerprint density at radius 1 is 0.923 bits per heavy atom. The summed E-state index contributed by atoms with van der Waals surface area (Å²) in [7, 11) is -2.37. The Morgan fingerprint density at radius 3 is 2.04 bits per heavy atom. The smallest absolute Gasteiger partial charge is 0.327 e. The van der Waals surface area contributed by atoms with Gasteiger partial charge in [-0.1, -0.05) is 98.8 Å². The average molecular weight is 383 g/mol. The second kappa shape index (κ2) is 10.2.